The van der Waals surface area contributed by atoms with E-state index in [1.54, 1.807) is 28.7 Å². The third kappa shape index (κ3) is 2.80. The lowest BCUT2D eigenvalue weighted by Crippen LogP contribution is -2.01. The number of aryl methyl sites for hydroxylation is 1. The van der Waals surface area contributed by atoms with E-state index in [1.807, 2.05) is 30.3 Å². The fraction of sp³-hybridized carbons (Fsp3) is 0.143. The molecule has 0 radical (unpaired) electrons. The minimum absolute atomic E-state index is 0.210. The van der Waals surface area contributed by atoms with Crippen molar-refractivity contribution in [3.05, 3.63) is 64.7 Å². The van der Waals surface area contributed by atoms with Crippen molar-refractivity contribution in [3.8, 4) is 0 Å². The number of nitrogens with one attached hydrogen (secondary N) is 1. The van der Waals surface area contributed by atoms with Crippen LogP contribution in [0.25, 0.3) is 0 Å². The highest BCUT2D eigenvalue weighted by molar-refractivity contribution is 5.62. The van der Waals surface area contributed by atoms with Crippen molar-refractivity contribution < 1.29 is 4.92 Å². The summed E-state index contributed by atoms with van der Waals surface area (Å²) in [6.45, 7) is 0.635. The number of hydrogen-bond donors (Lipinski definition) is 1. The summed E-state index contributed by atoms with van der Waals surface area (Å²) in [5, 5.41) is 18.2. The van der Waals surface area contributed by atoms with Crippen LogP contribution in [-0.4, -0.2) is 24.3 Å². The monoisotopic (exact) mass is 298 g/mol. The lowest BCUT2D eigenvalue weighted by atomic mass is 10.2. The van der Waals surface area contributed by atoms with Gasteiger partial charge in [0.05, 0.1) is 18.4 Å². The van der Waals surface area contributed by atoms with Gasteiger partial charge in [-0.25, -0.2) is 0 Å². The van der Waals surface area contributed by atoms with Crippen molar-refractivity contribution in [2.75, 3.05) is 5.32 Å². The van der Waals surface area contributed by atoms with Crippen molar-refractivity contribution >= 4 is 17.3 Å². The van der Waals surface area contributed by atoms with Gasteiger partial charge in [-0.2, -0.15) is 5.10 Å². The highest BCUT2D eigenvalue weighted by Crippen LogP contribution is 2.25. The lowest BCUT2D eigenvalue weighted by Gasteiger charge is -2.03. The first-order valence-corrected chi connectivity index (χ1v) is 6.62. The van der Waals surface area contributed by atoms with E-state index in [2.05, 4.69) is 15.4 Å². The van der Waals surface area contributed by atoms with Crippen molar-refractivity contribution in [1.29, 1.82) is 0 Å². The molecule has 0 spiro atoms. The van der Waals surface area contributed by atoms with Crippen LogP contribution in [0.15, 0.2) is 49.1 Å². The van der Waals surface area contributed by atoms with Crippen molar-refractivity contribution in [2.24, 2.45) is 7.05 Å². The van der Waals surface area contributed by atoms with Gasteiger partial charge < -0.3 is 15.4 Å². The van der Waals surface area contributed by atoms with E-state index >= 15 is 0 Å². The van der Waals surface area contributed by atoms with E-state index in [4.69, 9.17) is 0 Å². The SMILES string of the molecule is Cn1cnc([N+](=O)[O-])c1Nc1cnn(Cc2ccccc2)c1. The van der Waals surface area contributed by atoms with Gasteiger partial charge in [0.25, 0.3) is 0 Å². The first-order chi connectivity index (χ1) is 10.6. The zero-order valence-electron chi connectivity index (χ0n) is 11.9. The molecular weight excluding hydrogens is 284 g/mol. The number of anilines is 2. The van der Waals surface area contributed by atoms with Gasteiger partial charge in [-0.15, -0.1) is 0 Å². The van der Waals surface area contributed by atoms with Crippen molar-refractivity contribution in [1.82, 2.24) is 19.3 Å². The molecule has 0 atom stereocenters. The van der Waals surface area contributed by atoms with Crippen LogP contribution in [0.5, 0.6) is 0 Å². The van der Waals surface area contributed by atoms with Crippen LogP contribution in [0.1, 0.15) is 5.56 Å². The molecule has 0 aliphatic heterocycles. The Balaban J connectivity index is 1.78. The van der Waals surface area contributed by atoms with Crippen LogP contribution in [0.2, 0.25) is 0 Å². The maximum absolute atomic E-state index is 10.9. The Morgan fingerprint density at radius 3 is 2.82 bits per heavy atom. The normalized spacial score (nSPS) is 10.6. The molecule has 2 aromatic heterocycles. The number of nitrogens with zero attached hydrogens (tertiary/aromatic N) is 5. The van der Waals surface area contributed by atoms with Crippen LogP contribution in [0.3, 0.4) is 0 Å². The van der Waals surface area contributed by atoms with Gasteiger partial charge in [0.1, 0.15) is 0 Å². The topological polar surface area (TPSA) is 90.8 Å². The smallest absolute Gasteiger partial charge is 0.358 e. The van der Waals surface area contributed by atoms with E-state index in [0.29, 0.717) is 18.1 Å². The molecule has 0 aliphatic carbocycles. The summed E-state index contributed by atoms with van der Waals surface area (Å²) < 4.78 is 3.33. The standard InChI is InChI=1S/C14H14N6O2/c1-18-10-15-13(20(21)22)14(18)17-12-7-16-19(9-12)8-11-5-3-2-4-6-11/h2-7,9-10,17H,8H2,1H3. The first kappa shape index (κ1) is 13.8. The van der Waals surface area contributed by atoms with E-state index in [0.717, 1.165) is 5.56 Å². The zero-order valence-corrected chi connectivity index (χ0v) is 11.9. The summed E-state index contributed by atoms with van der Waals surface area (Å²) in [5.74, 6) is 0.113. The van der Waals surface area contributed by atoms with E-state index < -0.39 is 4.92 Å². The number of rotatable bonds is 5. The van der Waals surface area contributed by atoms with E-state index in [-0.39, 0.29) is 5.82 Å². The molecule has 0 fully saturated rings. The van der Waals surface area contributed by atoms with Gasteiger partial charge in [0, 0.05) is 13.2 Å². The molecule has 0 unspecified atom stereocenters. The van der Waals surface area contributed by atoms with Crippen LogP contribution in [-0.2, 0) is 13.6 Å². The van der Waals surface area contributed by atoms with Crippen molar-refractivity contribution in [3.63, 3.8) is 0 Å². The summed E-state index contributed by atoms with van der Waals surface area (Å²) >= 11 is 0. The molecule has 1 N–H and O–H groups in total. The molecular formula is C14H14N6O2. The third-order valence-corrected chi connectivity index (χ3v) is 3.17. The second kappa shape index (κ2) is 5.68. The van der Waals surface area contributed by atoms with E-state index in [9.17, 15) is 10.1 Å². The van der Waals surface area contributed by atoms with Gasteiger partial charge >= 0.3 is 5.82 Å². The molecule has 0 aliphatic rings. The summed E-state index contributed by atoms with van der Waals surface area (Å²) in [5.41, 5.74) is 1.80. The summed E-state index contributed by atoms with van der Waals surface area (Å²) in [6.07, 6.45) is 4.82. The molecule has 3 rings (SSSR count). The summed E-state index contributed by atoms with van der Waals surface area (Å²) in [6, 6.07) is 9.93. The highest BCUT2D eigenvalue weighted by Gasteiger charge is 2.20. The Bertz CT molecular complexity index is 793. The molecule has 0 saturated carbocycles. The maximum atomic E-state index is 10.9. The largest absolute Gasteiger partial charge is 0.406 e. The quantitative estimate of drug-likeness (QED) is 0.576. The molecule has 2 heterocycles. The molecule has 8 nitrogen and oxygen atoms in total. The summed E-state index contributed by atoms with van der Waals surface area (Å²) in [4.78, 5) is 14.2. The second-order valence-corrected chi connectivity index (χ2v) is 4.82. The minimum Gasteiger partial charge on any atom is -0.358 e. The second-order valence-electron chi connectivity index (χ2n) is 4.82. The molecule has 0 bridgehead atoms. The van der Waals surface area contributed by atoms with E-state index in [1.165, 1.54) is 6.33 Å². The Morgan fingerprint density at radius 2 is 2.09 bits per heavy atom. The fourth-order valence-electron chi connectivity index (χ4n) is 2.12. The Hall–Kier alpha value is -3.16. The average molecular weight is 298 g/mol. The molecule has 112 valence electrons. The Labute approximate surface area is 126 Å². The van der Waals surface area contributed by atoms with Gasteiger partial charge in [-0.3, -0.25) is 9.25 Å². The fourth-order valence-corrected chi connectivity index (χ4v) is 2.12. The van der Waals surface area contributed by atoms with Gasteiger partial charge in [-0.1, -0.05) is 30.3 Å². The van der Waals surface area contributed by atoms with Gasteiger partial charge in [-0.05, 0) is 15.5 Å². The molecule has 0 saturated heterocycles. The molecule has 8 heteroatoms. The predicted molar refractivity (Wildman–Crippen MR) is 80.9 cm³/mol. The third-order valence-electron chi connectivity index (χ3n) is 3.17. The Morgan fingerprint density at radius 1 is 1.32 bits per heavy atom. The summed E-state index contributed by atoms with van der Waals surface area (Å²) in [7, 11) is 1.69. The van der Waals surface area contributed by atoms with Crippen LogP contribution in [0, 0.1) is 10.1 Å². The lowest BCUT2D eigenvalue weighted by molar-refractivity contribution is -0.388. The van der Waals surface area contributed by atoms with Crippen LogP contribution >= 0.6 is 0 Å². The first-order valence-electron chi connectivity index (χ1n) is 6.62. The highest BCUT2D eigenvalue weighted by atomic mass is 16.6. The zero-order chi connectivity index (χ0) is 15.5. The average Bonchev–Trinajstić information content (AvgIpc) is 3.08. The number of aromatic nitrogens is 4. The van der Waals surface area contributed by atoms with Crippen molar-refractivity contribution in [2.45, 2.75) is 6.54 Å². The Kier molecular flexibility index (Phi) is 3.57. The van der Waals surface area contributed by atoms with Crippen LogP contribution < -0.4 is 5.32 Å². The predicted octanol–water partition coefficient (Wildman–Crippen LogP) is 2.32. The number of benzene rings is 1. The van der Waals surface area contributed by atoms with Gasteiger partial charge in [0.15, 0.2) is 0 Å². The number of imidazole rings is 1. The van der Waals surface area contributed by atoms with Gasteiger partial charge in [0.2, 0.25) is 12.1 Å². The molecule has 0 amide bonds. The number of hydrogen-bond acceptors (Lipinski definition) is 5. The molecule has 22 heavy (non-hydrogen) atoms. The number of nitro groups is 1. The maximum Gasteiger partial charge on any atom is 0.406 e. The molecule has 3 aromatic rings. The minimum atomic E-state index is -0.517. The van der Waals surface area contributed by atoms with Crippen LogP contribution in [0.4, 0.5) is 17.3 Å². The molecule has 1 aromatic carbocycles.